The number of piperazine rings is 1. The van der Waals surface area contributed by atoms with Crippen LogP contribution >= 0.6 is 0 Å². The lowest BCUT2D eigenvalue weighted by Crippen LogP contribution is -2.46. The van der Waals surface area contributed by atoms with E-state index in [4.69, 9.17) is 0 Å². The van der Waals surface area contributed by atoms with Gasteiger partial charge in [0.25, 0.3) is 0 Å². The molecule has 116 valence electrons. The molecule has 0 aliphatic carbocycles. The SMILES string of the molecule is CCC(C)(C)c1ccc(S(=O)(=O)N2C[C@@H]3C[C@H]2CN3)cc1. The molecule has 2 fully saturated rings. The van der Waals surface area contributed by atoms with Crippen molar-refractivity contribution >= 4 is 10.0 Å². The van der Waals surface area contributed by atoms with Gasteiger partial charge < -0.3 is 5.32 Å². The summed E-state index contributed by atoms with van der Waals surface area (Å²) in [6, 6.07) is 7.92. The zero-order valence-corrected chi connectivity index (χ0v) is 13.8. The number of sulfonamides is 1. The quantitative estimate of drug-likeness (QED) is 0.927. The standard InChI is InChI=1S/C16H24N2O2S/c1-4-16(2,3)12-5-7-15(8-6-12)21(19,20)18-11-13-9-14(18)10-17-13/h5-8,13-14,17H,4,9-11H2,1-3H3/t13-,14-/m0/s1. The van der Waals surface area contributed by atoms with Crippen molar-refractivity contribution in [1.82, 2.24) is 9.62 Å². The summed E-state index contributed by atoms with van der Waals surface area (Å²) in [6.45, 7) is 7.90. The van der Waals surface area contributed by atoms with E-state index < -0.39 is 10.0 Å². The van der Waals surface area contributed by atoms with Gasteiger partial charge in [-0.15, -0.1) is 0 Å². The zero-order chi connectivity index (χ0) is 15.3. The average Bonchev–Trinajstić information content (AvgIpc) is 3.10. The third-order valence-corrected chi connectivity index (χ3v) is 7.07. The monoisotopic (exact) mass is 308 g/mol. The van der Waals surface area contributed by atoms with Crippen LogP contribution in [0.5, 0.6) is 0 Å². The van der Waals surface area contributed by atoms with Gasteiger partial charge in [-0.2, -0.15) is 4.31 Å². The van der Waals surface area contributed by atoms with Gasteiger partial charge >= 0.3 is 0 Å². The van der Waals surface area contributed by atoms with Crippen LogP contribution in [0.4, 0.5) is 0 Å². The first-order valence-electron chi connectivity index (χ1n) is 7.70. The molecule has 5 heteroatoms. The minimum Gasteiger partial charge on any atom is -0.311 e. The number of hydrogen-bond donors (Lipinski definition) is 1. The Morgan fingerprint density at radius 3 is 2.43 bits per heavy atom. The fourth-order valence-corrected chi connectivity index (χ4v) is 4.91. The highest BCUT2D eigenvalue weighted by Crippen LogP contribution is 2.31. The summed E-state index contributed by atoms with van der Waals surface area (Å²) in [4.78, 5) is 0.422. The summed E-state index contributed by atoms with van der Waals surface area (Å²) in [5, 5.41) is 3.34. The Morgan fingerprint density at radius 1 is 1.29 bits per heavy atom. The molecule has 0 saturated carbocycles. The molecule has 1 N–H and O–H groups in total. The summed E-state index contributed by atoms with van der Waals surface area (Å²) >= 11 is 0. The Kier molecular flexibility index (Phi) is 3.62. The molecule has 3 rings (SSSR count). The number of rotatable bonds is 4. The van der Waals surface area contributed by atoms with Crippen LogP contribution in [-0.4, -0.2) is 37.9 Å². The molecule has 1 aromatic rings. The minimum absolute atomic E-state index is 0.0823. The first kappa shape index (κ1) is 15.0. The van der Waals surface area contributed by atoms with E-state index in [1.807, 2.05) is 12.1 Å². The highest BCUT2D eigenvalue weighted by Gasteiger charge is 2.44. The van der Waals surface area contributed by atoms with Gasteiger partial charge in [-0.05, 0) is 36.0 Å². The molecule has 0 unspecified atom stereocenters. The van der Waals surface area contributed by atoms with Crippen molar-refractivity contribution in [1.29, 1.82) is 0 Å². The lowest BCUT2D eigenvalue weighted by atomic mass is 9.82. The molecule has 2 aliphatic rings. The third-order valence-electron chi connectivity index (χ3n) is 5.13. The van der Waals surface area contributed by atoms with Crippen molar-refractivity contribution < 1.29 is 8.42 Å². The van der Waals surface area contributed by atoms with Crippen LogP contribution in [0.1, 0.15) is 39.2 Å². The summed E-state index contributed by atoms with van der Waals surface area (Å²) in [5.41, 5.74) is 1.27. The molecule has 0 amide bonds. The molecular weight excluding hydrogens is 284 g/mol. The summed E-state index contributed by atoms with van der Waals surface area (Å²) in [6.07, 6.45) is 1.97. The minimum atomic E-state index is -3.35. The molecule has 0 aromatic heterocycles. The summed E-state index contributed by atoms with van der Waals surface area (Å²) in [5.74, 6) is 0. The van der Waals surface area contributed by atoms with E-state index in [0.29, 0.717) is 17.5 Å². The van der Waals surface area contributed by atoms with Gasteiger partial charge in [0.15, 0.2) is 0 Å². The average molecular weight is 308 g/mol. The zero-order valence-electron chi connectivity index (χ0n) is 13.0. The normalized spacial score (nSPS) is 26.4. The lowest BCUT2D eigenvalue weighted by Gasteiger charge is -2.27. The molecule has 21 heavy (non-hydrogen) atoms. The Balaban J connectivity index is 1.87. The fraction of sp³-hybridized carbons (Fsp3) is 0.625. The van der Waals surface area contributed by atoms with Gasteiger partial charge in [0, 0.05) is 25.2 Å². The van der Waals surface area contributed by atoms with Crippen LogP contribution in [0.25, 0.3) is 0 Å². The fourth-order valence-electron chi connectivity index (χ4n) is 3.23. The first-order valence-corrected chi connectivity index (χ1v) is 9.14. The van der Waals surface area contributed by atoms with Crippen LogP contribution in [0.3, 0.4) is 0 Å². The van der Waals surface area contributed by atoms with Gasteiger partial charge in [0.1, 0.15) is 0 Å². The molecule has 2 aliphatic heterocycles. The second-order valence-electron chi connectivity index (χ2n) is 6.83. The number of fused-ring (bicyclic) bond motifs is 2. The van der Waals surface area contributed by atoms with Gasteiger partial charge in [-0.3, -0.25) is 0 Å². The van der Waals surface area contributed by atoms with E-state index in [-0.39, 0.29) is 11.5 Å². The molecule has 1 aromatic carbocycles. The Hall–Kier alpha value is -0.910. The van der Waals surface area contributed by atoms with E-state index >= 15 is 0 Å². The second kappa shape index (κ2) is 5.07. The largest absolute Gasteiger partial charge is 0.311 e. The van der Waals surface area contributed by atoms with Crippen LogP contribution in [-0.2, 0) is 15.4 Å². The van der Waals surface area contributed by atoms with Crippen molar-refractivity contribution in [2.24, 2.45) is 0 Å². The smallest absolute Gasteiger partial charge is 0.243 e. The second-order valence-corrected chi connectivity index (χ2v) is 8.72. The van der Waals surface area contributed by atoms with Gasteiger partial charge in [-0.1, -0.05) is 32.9 Å². The van der Waals surface area contributed by atoms with Gasteiger partial charge in [0.05, 0.1) is 4.90 Å². The van der Waals surface area contributed by atoms with E-state index in [1.54, 1.807) is 16.4 Å². The highest BCUT2D eigenvalue weighted by atomic mass is 32.2. The lowest BCUT2D eigenvalue weighted by molar-refractivity contribution is 0.349. The first-order chi connectivity index (χ1) is 9.84. The number of benzene rings is 1. The number of nitrogens with one attached hydrogen (secondary N) is 1. The maximum Gasteiger partial charge on any atom is 0.243 e. The Bertz CT molecular complexity index is 622. The van der Waals surface area contributed by atoms with Crippen LogP contribution in [0.15, 0.2) is 29.2 Å². The van der Waals surface area contributed by atoms with Crippen molar-refractivity contribution in [3.8, 4) is 0 Å². The molecule has 2 heterocycles. The molecule has 0 spiro atoms. The number of nitrogens with zero attached hydrogens (tertiary/aromatic N) is 1. The maximum absolute atomic E-state index is 12.8. The highest BCUT2D eigenvalue weighted by molar-refractivity contribution is 7.89. The molecular formula is C16H24N2O2S. The predicted octanol–water partition coefficient (Wildman–Crippen LogP) is 2.11. The van der Waals surface area contributed by atoms with E-state index in [1.165, 1.54) is 5.56 Å². The van der Waals surface area contributed by atoms with E-state index in [9.17, 15) is 8.42 Å². The summed E-state index contributed by atoms with van der Waals surface area (Å²) in [7, 11) is -3.35. The number of hydrogen-bond acceptors (Lipinski definition) is 3. The van der Waals surface area contributed by atoms with Crippen molar-refractivity contribution in [3.05, 3.63) is 29.8 Å². The van der Waals surface area contributed by atoms with Gasteiger partial charge in [-0.25, -0.2) is 8.42 Å². The summed E-state index contributed by atoms with van der Waals surface area (Å²) < 4.78 is 27.2. The molecule has 2 saturated heterocycles. The molecule has 2 bridgehead atoms. The van der Waals surface area contributed by atoms with Gasteiger partial charge in [0.2, 0.25) is 10.0 Å². The van der Waals surface area contributed by atoms with E-state index in [0.717, 1.165) is 19.4 Å². The Morgan fingerprint density at radius 2 is 1.95 bits per heavy atom. The third kappa shape index (κ3) is 2.51. The van der Waals surface area contributed by atoms with Crippen molar-refractivity contribution in [2.45, 2.75) is 56.0 Å². The Labute approximate surface area is 127 Å². The van der Waals surface area contributed by atoms with Crippen LogP contribution < -0.4 is 5.32 Å². The van der Waals surface area contributed by atoms with Crippen molar-refractivity contribution in [2.75, 3.05) is 13.1 Å². The predicted molar refractivity (Wildman–Crippen MR) is 83.8 cm³/mol. The molecule has 0 radical (unpaired) electrons. The molecule has 4 nitrogen and oxygen atoms in total. The molecule has 2 atom stereocenters. The van der Waals surface area contributed by atoms with Crippen LogP contribution in [0, 0.1) is 0 Å². The topological polar surface area (TPSA) is 49.4 Å². The maximum atomic E-state index is 12.8. The van der Waals surface area contributed by atoms with Crippen LogP contribution in [0.2, 0.25) is 0 Å². The van der Waals surface area contributed by atoms with E-state index in [2.05, 4.69) is 26.1 Å². The van der Waals surface area contributed by atoms with Crippen molar-refractivity contribution in [3.63, 3.8) is 0 Å².